The Morgan fingerprint density at radius 1 is 1.12 bits per heavy atom. The van der Waals surface area contributed by atoms with Gasteiger partial charge in [-0.15, -0.1) is 0 Å². The number of hydrogen-bond donors (Lipinski definition) is 2. The summed E-state index contributed by atoms with van der Waals surface area (Å²) in [7, 11) is 3.32. The zero-order valence-corrected chi connectivity index (χ0v) is 14.3. The number of aromatic nitrogens is 3. The summed E-state index contributed by atoms with van der Waals surface area (Å²) in [5.74, 6) is 1.86. The van der Waals surface area contributed by atoms with Gasteiger partial charge in [0.15, 0.2) is 11.6 Å². The fourth-order valence-electron chi connectivity index (χ4n) is 2.20. The van der Waals surface area contributed by atoms with E-state index in [2.05, 4.69) is 20.3 Å². The molecule has 0 aliphatic carbocycles. The Kier molecular flexibility index (Phi) is 6.71. The van der Waals surface area contributed by atoms with Gasteiger partial charge in [-0.05, 0) is 19.1 Å². The molecule has 0 fully saturated rings. The first-order valence-corrected chi connectivity index (χ1v) is 7.69. The highest BCUT2D eigenvalue weighted by Crippen LogP contribution is 2.27. The molecule has 0 aromatic carbocycles. The number of hydrogen-bond acceptors (Lipinski definition) is 8. The van der Waals surface area contributed by atoms with Crippen LogP contribution in [0.25, 0.3) is 0 Å². The lowest BCUT2D eigenvalue weighted by Gasteiger charge is -2.25. The molecule has 0 spiro atoms. The first-order valence-electron chi connectivity index (χ1n) is 7.69. The topological polar surface area (TPSA) is 98.4 Å². The van der Waals surface area contributed by atoms with E-state index in [9.17, 15) is 0 Å². The molecule has 0 aliphatic heterocycles. The molecule has 0 radical (unpaired) electrons. The molecule has 2 rings (SSSR count). The van der Waals surface area contributed by atoms with E-state index in [1.165, 1.54) is 6.33 Å². The Hall–Kier alpha value is -2.45. The maximum atomic E-state index is 6.28. The number of nitrogens with one attached hydrogen (secondary N) is 1. The van der Waals surface area contributed by atoms with E-state index in [0.717, 1.165) is 5.69 Å². The molecule has 3 N–H and O–H groups in total. The van der Waals surface area contributed by atoms with Gasteiger partial charge in [-0.25, -0.2) is 15.0 Å². The van der Waals surface area contributed by atoms with Crippen molar-refractivity contribution in [1.29, 1.82) is 0 Å². The lowest BCUT2D eigenvalue weighted by atomic mass is 10.3. The minimum Gasteiger partial charge on any atom is -0.393 e. The number of pyridine rings is 1. The standard InChI is InChI=1S/C16H24N6O2/c1-12-5-4-6-13(20-12)21-15-14(17)16(19-11-18-15)22(7-9-23-2)8-10-24-3/h4-6,11H,7-10,17H2,1-3H3,(H,18,19,20,21). The summed E-state index contributed by atoms with van der Waals surface area (Å²) in [6.07, 6.45) is 1.48. The van der Waals surface area contributed by atoms with E-state index >= 15 is 0 Å². The van der Waals surface area contributed by atoms with E-state index in [1.807, 2.05) is 30.0 Å². The van der Waals surface area contributed by atoms with Crippen LogP contribution in [-0.2, 0) is 9.47 Å². The first kappa shape index (κ1) is 17.9. The summed E-state index contributed by atoms with van der Waals surface area (Å²) in [5, 5.41) is 3.14. The minimum atomic E-state index is 0.466. The second kappa shape index (κ2) is 8.99. The zero-order valence-electron chi connectivity index (χ0n) is 14.3. The molecule has 24 heavy (non-hydrogen) atoms. The summed E-state index contributed by atoms with van der Waals surface area (Å²) < 4.78 is 10.3. The Bertz CT molecular complexity index is 644. The number of nitrogens with two attached hydrogens (primary N) is 1. The molecule has 2 aromatic heterocycles. The molecule has 8 nitrogen and oxygen atoms in total. The van der Waals surface area contributed by atoms with Crippen LogP contribution in [-0.4, -0.2) is 55.5 Å². The molecule has 0 saturated heterocycles. The average molecular weight is 332 g/mol. The zero-order chi connectivity index (χ0) is 17.4. The fourth-order valence-corrected chi connectivity index (χ4v) is 2.20. The van der Waals surface area contributed by atoms with Crippen LogP contribution in [0, 0.1) is 6.92 Å². The Morgan fingerprint density at radius 3 is 2.46 bits per heavy atom. The Balaban J connectivity index is 2.23. The van der Waals surface area contributed by atoms with Crippen molar-refractivity contribution in [2.45, 2.75) is 6.92 Å². The van der Waals surface area contributed by atoms with Crippen LogP contribution < -0.4 is 16.0 Å². The second-order valence-corrected chi connectivity index (χ2v) is 5.22. The van der Waals surface area contributed by atoms with Crippen LogP contribution in [0.15, 0.2) is 24.5 Å². The van der Waals surface area contributed by atoms with Gasteiger partial charge in [0, 0.05) is 33.0 Å². The molecule has 8 heteroatoms. The largest absolute Gasteiger partial charge is 0.393 e. The van der Waals surface area contributed by atoms with Gasteiger partial charge < -0.3 is 25.4 Å². The van der Waals surface area contributed by atoms with Gasteiger partial charge in [-0.2, -0.15) is 0 Å². The number of rotatable bonds is 9. The summed E-state index contributed by atoms with van der Waals surface area (Å²) in [4.78, 5) is 15.0. The van der Waals surface area contributed by atoms with Crippen molar-refractivity contribution in [3.8, 4) is 0 Å². The number of anilines is 4. The van der Waals surface area contributed by atoms with Crippen molar-refractivity contribution in [1.82, 2.24) is 15.0 Å². The lowest BCUT2D eigenvalue weighted by Crippen LogP contribution is -2.32. The maximum absolute atomic E-state index is 6.28. The molecular formula is C16H24N6O2. The molecule has 0 unspecified atom stereocenters. The third-order valence-corrected chi connectivity index (χ3v) is 3.43. The molecule has 0 atom stereocenters. The van der Waals surface area contributed by atoms with Gasteiger partial charge in [0.2, 0.25) is 0 Å². The van der Waals surface area contributed by atoms with Crippen molar-refractivity contribution in [2.24, 2.45) is 0 Å². The van der Waals surface area contributed by atoms with E-state index in [-0.39, 0.29) is 0 Å². The number of methoxy groups -OCH3 is 2. The van der Waals surface area contributed by atoms with E-state index in [0.29, 0.717) is 49.4 Å². The maximum Gasteiger partial charge on any atom is 0.160 e. The average Bonchev–Trinajstić information content (AvgIpc) is 2.57. The molecular weight excluding hydrogens is 308 g/mol. The van der Waals surface area contributed by atoms with E-state index in [4.69, 9.17) is 15.2 Å². The van der Waals surface area contributed by atoms with Crippen LogP contribution in [0.2, 0.25) is 0 Å². The summed E-state index contributed by atoms with van der Waals surface area (Å²) in [6, 6.07) is 5.71. The van der Waals surface area contributed by atoms with Crippen LogP contribution >= 0.6 is 0 Å². The van der Waals surface area contributed by atoms with Crippen molar-refractivity contribution in [2.75, 3.05) is 56.5 Å². The number of ether oxygens (including phenoxy) is 2. The van der Waals surface area contributed by atoms with Gasteiger partial charge >= 0.3 is 0 Å². The highest BCUT2D eigenvalue weighted by Gasteiger charge is 2.15. The first-order chi connectivity index (χ1) is 11.7. The third kappa shape index (κ3) is 4.77. The van der Waals surface area contributed by atoms with Crippen LogP contribution in [0.4, 0.5) is 23.1 Å². The van der Waals surface area contributed by atoms with Crippen molar-refractivity contribution in [3.63, 3.8) is 0 Å². The number of nitrogen functional groups attached to an aromatic ring is 1. The van der Waals surface area contributed by atoms with E-state index < -0.39 is 0 Å². The molecule has 130 valence electrons. The fraction of sp³-hybridized carbons (Fsp3) is 0.438. The molecule has 0 aliphatic rings. The van der Waals surface area contributed by atoms with E-state index in [1.54, 1.807) is 14.2 Å². The smallest absolute Gasteiger partial charge is 0.160 e. The summed E-state index contributed by atoms with van der Waals surface area (Å²) in [6.45, 7) is 4.37. The van der Waals surface area contributed by atoms with Gasteiger partial charge in [0.05, 0.1) is 13.2 Å². The molecule has 2 heterocycles. The summed E-state index contributed by atoms with van der Waals surface area (Å²) >= 11 is 0. The minimum absolute atomic E-state index is 0.466. The highest BCUT2D eigenvalue weighted by atomic mass is 16.5. The molecule has 0 bridgehead atoms. The number of nitrogens with zero attached hydrogens (tertiary/aromatic N) is 4. The quantitative estimate of drug-likeness (QED) is 0.714. The molecule has 0 saturated carbocycles. The monoisotopic (exact) mass is 332 g/mol. The number of aryl methyl sites for hydroxylation is 1. The highest BCUT2D eigenvalue weighted by molar-refractivity contribution is 5.77. The lowest BCUT2D eigenvalue weighted by molar-refractivity contribution is 0.190. The molecule has 2 aromatic rings. The molecule has 0 amide bonds. The van der Waals surface area contributed by atoms with Crippen LogP contribution in [0.5, 0.6) is 0 Å². The van der Waals surface area contributed by atoms with Crippen molar-refractivity contribution < 1.29 is 9.47 Å². The normalized spacial score (nSPS) is 10.6. The predicted molar refractivity (Wildman–Crippen MR) is 94.7 cm³/mol. The van der Waals surface area contributed by atoms with Gasteiger partial charge in [0.25, 0.3) is 0 Å². The summed E-state index contributed by atoms with van der Waals surface area (Å²) in [5.41, 5.74) is 7.65. The van der Waals surface area contributed by atoms with Crippen LogP contribution in [0.1, 0.15) is 5.69 Å². The van der Waals surface area contributed by atoms with Gasteiger partial charge in [-0.3, -0.25) is 0 Å². The van der Waals surface area contributed by atoms with Crippen LogP contribution in [0.3, 0.4) is 0 Å². The van der Waals surface area contributed by atoms with Crippen molar-refractivity contribution >= 4 is 23.1 Å². The second-order valence-electron chi connectivity index (χ2n) is 5.22. The Morgan fingerprint density at radius 2 is 1.83 bits per heavy atom. The predicted octanol–water partition coefficient (Wildman–Crippen LogP) is 1.61. The third-order valence-electron chi connectivity index (χ3n) is 3.43. The van der Waals surface area contributed by atoms with Gasteiger partial charge in [-0.1, -0.05) is 6.07 Å². The SMILES string of the molecule is COCCN(CCOC)c1ncnc(Nc2cccc(C)n2)c1N. The Labute approximate surface area is 142 Å². The van der Waals surface area contributed by atoms with Crippen molar-refractivity contribution in [3.05, 3.63) is 30.2 Å². The van der Waals surface area contributed by atoms with Gasteiger partial charge in [0.1, 0.15) is 17.8 Å².